The second kappa shape index (κ2) is 7.68. The van der Waals surface area contributed by atoms with E-state index in [-0.39, 0.29) is 0 Å². The third-order valence-corrected chi connectivity index (χ3v) is 3.47. The van der Waals surface area contributed by atoms with Crippen molar-refractivity contribution in [1.82, 2.24) is 0 Å². The van der Waals surface area contributed by atoms with Gasteiger partial charge in [0.15, 0.2) is 6.10 Å². The summed E-state index contributed by atoms with van der Waals surface area (Å²) in [6.07, 6.45) is 2.30. The topological polar surface area (TPSA) is 26.3 Å². The Balaban J connectivity index is 2.14. The molecule has 2 rings (SSSR count). The van der Waals surface area contributed by atoms with Crippen LogP contribution in [0.1, 0.15) is 15.9 Å². The summed E-state index contributed by atoms with van der Waals surface area (Å²) in [5, 5.41) is 0. The van der Waals surface area contributed by atoms with Crippen molar-refractivity contribution < 1.29 is 9.53 Å². The number of rotatable bonds is 4. The molecule has 5 heteroatoms. The smallest absolute Gasteiger partial charge is 0.338 e. The molecule has 114 valence electrons. The minimum Gasteiger partial charge on any atom is -0.450 e. The van der Waals surface area contributed by atoms with E-state index >= 15 is 0 Å². The van der Waals surface area contributed by atoms with Gasteiger partial charge < -0.3 is 4.74 Å². The van der Waals surface area contributed by atoms with Crippen LogP contribution in [0.15, 0.2) is 66.7 Å². The summed E-state index contributed by atoms with van der Waals surface area (Å²) in [5.74, 6) is -0.547. The first-order valence-electron chi connectivity index (χ1n) is 6.53. The number of hydrogen-bond donors (Lipinski definition) is 0. The van der Waals surface area contributed by atoms with Gasteiger partial charge in [0.1, 0.15) is 0 Å². The quantitative estimate of drug-likeness (QED) is 0.550. The summed E-state index contributed by atoms with van der Waals surface area (Å²) >= 11 is 17.7. The van der Waals surface area contributed by atoms with Crippen LogP contribution in [0.25, 0.3) is 6.08 Å². The van der Waals surface area contributed by atoms with E-state index < -0.39 is 15.9 Å². The molecule has 0 saturated heterocycles. The van der Waals surface area contributed by atoms with Crippen LogP contribution in [0.4, 0.5) is 0 Å². The van der Waals surface area contributed by atoms with Crippen LogP contribution >= 0.6 is 34.8 Å². The molecule has 0 unspecified atom stereocenters. The molecule has 2 nitrogen and oxygen atoms in total. The van der Waals surface area contributed by atoms with Crippen LogP contribution in [0.3, 0.4) is 0 Å². The van der Waals surface area contributed by atoms with E-state index in [1.165, 1.54) is 0 Å². The molecular formula is C17H13Cl3O2. The highest BCUT2D eigenvalue weighted by atomic mass is 35.6. The van der Waals surface area contributed by atoms with Gasteiger partial charge in [-0.15, -0.1) is 0 Å². The fourth-order valence-electron chi connectivity index (χ4n) is 1.74. The highest BCUT2D eigenvalue weighted by Gasteiger charge is 2.34. The van der Waals surface area contributed by atoms with Gasteiger partial charge in [0.2, 0.25) is 3.79 Å². The molecule has 2 aromatic carbocycles. The largest absolute Gasteiger partial charge is 0.450 e. The Bertz CT molecular complexity index is 634. The van der Waals surface area contributed by atoms with E-state index in [4.69, 9.17) is 39.5 Å². The maximum atomic E-state index is 12.1. The van der Waals surface area contributed by atoms with Crippen molar-refractivity contribution >= 4 is 46.8 Å². The number of carbonyl (C=O) groups is 1. The van der Waals surface area contributed by atoms with Crippen LogP contribution in [-0.2, 0) is 4.74 Å². The van der Waals surface area contributed by atoms with Gasteiger partial charge in [-0.1, -0.05) is 89.4 Å². The highest BCUT2D eigenvalue weighted by Crippen LogP contribution is 2.34. The van der Waals surface area contributed by atoms with Crippen LogP contribution in [-0.4, -0.2) is 15.9 Å². The molecule has 0 bridgehead atoms. The molecule has 0 aromatic heterocycles. The zero-order valence-corrected chi connectivity index (χ0v) is 13.7. The van der Waals surface area contributed by atoms with E-state index in [9.17, 15) is 4.79 Å². The molecule has 0 aliphatic rings. The molecule has 22 heavy (non-hydrogen) atoms. The van der Waals surface area contributed by atoms with Crippen LogP contribution in [0, 0.1) is 0 Å². The Kier molecular flexibility index (Phi) is 5.90. The molecule has 0 aliphatic heterocycles. The SMILES string of the molecule is O=C(O[C@H](/C=C/c1ccccc1)C(Cl)(Cl)Cl)c1ccccc1. The van der Waals surface area contributed by atoms with Gasteiger partial charge >= 0.3 is 5.97 Å². The molecule has 0 amide bonds. The Hall–Kier alpha value is -1.48. The molecule has 0 heterocycles. The number of carbonyl (C=O) groups excluding carboxylic acids is 1. The molecule has 0 fully saturated rings. The van der Waals surface area contributed by atoms with E-state index in [0.717, 1.165) is 5.56 Å². The van der Waals surface area contributed by atoms with E-state index in [2.05, 4.69) is 0 Å². The van der Waals surface area contributed by atoms with Gasteiger partial charge in [0, 0.05) is 0 Å². The summed E-state index contributed by atoms with van der Waals surface area (Å²) < 4.78 is 3.55. The third-order valence-electron chi connectivity index (χ3n) is 2.83. The van der Waals surface area contributed by atoms with Gasteiger partial charge in [-0.3, -0.25) is 0 Å². The lowest BCUT2D eigenvalue weighted by Crippen LogP contribution is -2.29. The van der Waals surface area contributed by atoms with Crippen molar-refractivity contribution in [2.45, 2.75) is 9.90 Å². The molecule has 0 radical (unpaired) electrons. The first-order valence-corrected chi connectivity index (χ1v) is 7.66. The van der Waals surface area contributed by atoms with Crippen LogP contribution in [0.5, 0.6) is 0 Å². The van der Waals surface area contributed by atoms with Crippen molar-refractivity contribution in [2.75, 3.05) is 0 Å². The predicted molar refractivity (Wildman–Crippen MR) is 91.4 cm³/mol. The first kappa shape index (κ1) is 16.9. The van der Waals surface area contributed by atoms with Gasteiger partial charge in [-0.05, 0) is 23.8 Å². The number of halogens is 3. The average Bonchev–Trinajstić information content (AvgIpc) is 2.52. The van der Waals surface area contributed by atoms with Crippen molar-refractivity contribution in [1.29, 1.82) is 0 Å². The molecule has 0 spiro atoms. The van der Waals surface area contributed by atoms with Crippen molar-refractivity contribution in [2.24, 2.45) is 0 Å². The summed E-state index contributed by atoms with van der Waals surface area (Å²) in [6, 6.07) is 18.0. The molecule has 0 aliphatic carbocycles. The summed E-state index contributed by atoms with van der Waals surface area (Å²) in [6.45, 7) is 0. The monoisotopic (exact) mass is 354 g/mol. The Morgan fingerprint density at radius 3 is 2.05 bits per heavy atom. The van der Waals surface area contributed by atoms with Gasteiger partial charge in [0.05, 0.1) is 5.56 Å². The van der Waals surface area contributed by atoms with Crippen molar-refractivity contribution in [3.63, 3.8) is 0 Å². The maximum Gasteiger partial charge on any atom is 0.338 e. The third kappa shape index (κ3) is 5.06. The number of alkyl halides is 3. The van der Waals surface area contributed by atoms with Gasteiger partial charge in [0.25, 0.3) is 0 Å². The Morgan fingerprint density at radius 1 is 0.955 bits per heavy atom. The minimum absolute atomic E-state index is 0.398. The zero-order valence-electron chi connectivity index (χ0n) is 11.5. The second-order valence-corrected chi connectivity index (χ2v) is 6.87. The number of hydrogen-bond acceptors (Lipinski definition) is 2. The zero-order chi connectivity index (χ0) is 16.0. The Morgan fingerprint density at radius 2 is 1.50 bits per heavy atom. The van der Waals surface area contributed by atoms with E-state index in [0.29, 0.717) is 5.56 Å². The van der Waals surface area contributed by atoms with Crippen molar-refractivity contribution in [3.05, 3.63) is 77.9 Å². The Labute approximate surface area is 144 Å². The molecular weight excluding hydrogens is 343 g/mol. The number of benzene rings is 2. The fourth-order valence-corrected chi connectivity index (χ4v) is 2.09. The molecule has 0 saturated carbocycles. The standard InChI is InChI=1S/C17H13Cl3O2/c18-17(19,20)15(12-11-13-7-3-1-4-8-13)22-16(21)14-9-5-2-6-10-14/h1-12,15H/b12-11+/t15-/m1/s1. The summed E-state index contributed by atoms with van der Waals surface area (Å²) in [5.41, 5.74) is 1.31. The lowest BCUT2D eigenvalue weighted by molar-refractivity contribution is 0.0402. The summed E-state index contributed by atoms with van der Waals surface area (Å²) in [7, 11) is 0. The highest BCUT2D eigenvalue weighted by molar-refractivity contribution is 6.68. The first-order chi connectivity index (χ1) is 10.5. The van der Waals surface area contributed by atoms with E-state index in [1.807, 2.05) is 30.3 Å². The maximum absolute atomic E-state index is 12.1. The molecule has 0 N–H and O–H groups in total. The average molecular weight is 356 g/mol. The summed E-state index contributed by atoms with van der Waals surface area (Å²) in [4.78, 5) is 12.1. The fraction of sp³-hybridized carbons (Fsp3) is 0.118. The van der Waals surface area contributed by atoms with Crippen molar-refractivity contribution in [3.8, 4) is 0 Å². The van der Waals surface area contributed by atoms with Crippen LogP contribution in [0.2, 0.25) is 0 Å². The number of ether oxygens (including phenoxy) is 1. The molecule has 1 atom stereocenters. The number of esters is 1. The van der Waals surface area contributed by atoms with E-state index in [1.54, 1.807) is 42.5 Å². The van der Waals surface area contributed by atoms with Gasteiger partial charge in [-0.25, -0.2) is 4.79 Å². The normalized spacial score (nSPS) is 13.0. The van der Waals surface area contributed by atoms with Crippen LogP contribution < -0.4 is 0 Å². The lowest BCUT2D eigenvalue weighted by atomic mass is 10.2. The molecule has 2 aromatic rings. The minimum atomic E-state index is -1.75. The predicted octanol–water partition coefficient (Wildman–Crippen LogP) is 5.30. The van der Waals surface area contributed by atoms with Gasteiger partial charge in [-0.2, -0.15) is 0 Å². The lowest BCUT2D eigenvalue weighted by Gasteiger charge is -2.21. The second-order valence-electron chi connectivity index (χ2n) is 4.50.